The molecule has 21 heavy (non-hydrogen) atoms. The van der Waals surface area contributed by atoms with Crippen LogP contribution in [0.2, 0.25) is 5.02 Å². The number of nitrogens with one attached hydrogen (secondary N) is 1. The Morgan fingerprint density at radius 1 is 1.33 bits per heavy atom. The molecule has 0 saturated heterocycles. The van der Waals surface area contributed by atoms with Gasteiger partial charge in [0.2, 0.25) is 0 Å². The highest BCUT2D eigenvalue weighted by Gasteiger charge is 2.12. The quantitative estimate of drug-likeness (QED) is 0.920. The number of benzene rings is 1. The summed E-state index contributed by atoms with van der Waals surface area (Å²) in [6, 6.07) is 7.28. The number of hydrogen-bond donors (Lipinski definition) is 1. The number of nitrogens with zero attached hydrogens (tertiary/aromatic N) is 1. The van der Waals surface area contributed by atoms with Crippen molar-refractivity contribution < 1.29 is 9.53 Å². The van der Waals surface area contributed by atoms with Crippen molar-refractivity contribution in [3.8, 4) is 5.75 Å². The lowest BCUT2D eigenvalue weighted by atomic mass is 10.1. The summed E-state index contributed by atoms with van der Waals surface area (Å²) >= 11 is 6.12. The molecule has 0 fully saturated rings. The maximum atomic E-state index is 11.9. The van der Waals surface area contributed by atoms with Gasteiger partial charge in [-0.05, 0) is 37.1 Å². The number of fused-ring (bicyclic) bond motifs is 1. The number of halogens is 1. The lowest BCUT2D eigenvalue weighted by Gasteiger charge is -2.17. The van der Waals surface area contributed by atoms with Crippen molar-refractivity contribution in [3.63, 3.8) is 0 Å². The van der Waals surface area contributed by atoms with E-state index in [1.165, 1.54) is 0 Å². The first-order chi connectivity index (χ1) is 9.99. The maximum absolute atomic E-state index is 11.9. The van der Waals surface area contributed by atoms with Gasteiger partial charge in [-0.1, -0.05) is 25.4 Å². The summed E-state index contributed by atoms with van der Waals surface area (Å²) in [7, 11) is 0. The minimum absolute atomic E-state index is 0.0373. The molecular weight excluding hydrogens is 288 g/mol. The van der Waals surface area contributed by atoms with Crippen molar-refractivity contribution in [2.75, 3.05) is 6.61 Å². The van der Waals surface area contributed by atoms with E-state index >= 15 is 0 Å². The van der Waals surface area contributed by atoms with Gasteiger partial charge in [0, 0.05) is 17.6 Å². The predicted octanol–water partition coefficient (Wildman–Crippen LogP) is 3.43. The fourth-order valence-electron chi connectivity index (χ4n) is 1.83. The molecule has 0 aliphatic carbocycles. The van der Waals surface area contributed by atoms with Crippen LogP contribution in [0.15, 0.2) is 30.5 Å². The number of rotatable bonds is 5. The van der Waals surface area contributed by atoms with Crippen molar-refractivity contribution in [2.24, 2.45) is 5.92 Å². The molecule has 5 heteroatoms. The Hall–Kier alpha value is -1.81. The summed E-state index contributed by atoms with van der Waals surface area (Å²) in [5.74, 6) is 0.796. The second-order valence-corrected chi connectivity index (χ2v) is 5.74. The molecule has 1 atom stereocenters. The monoisotopic (exact) mass is 306 g/mol. The average molecular weight is 307 g/mol. The summed E-state index contributed by atoms with van der Waals surface area (Å²) < 4.78 is 5.58. The second kappa shape index (κ2) is 6.76. The summed E-state index contributed by atoms with van der Waals surface area (Å²) in [6.07, 6.45) is 1.67. The third kappa shape index (κ3) is 3.85. The van der Waals surface area contributed by atoms with Crippen molar-refractivity contribution >= 4 is 28.4 Å². The number of amides is 1. The zero-order valence-corrected chi connectivity index (χ0v) is 13.1. The molecule has 1 heterocycles. The van der Waals surface area contributed by atoms with E-state index in [1.54, 1.807) is 18.3 Å². The van der Waals surface area contributed by atoms with Crippen LogP contribution < -0.4 is 10.1 Å². The molecule has 0 aliphatic rings. The van der Waals surface area contributed by atoms with Crippen molar-refractivity contribution in [1.29, 1.82) is 0 Å². The smallest absolute Gasteiger partial charge is 0.258 e. The van der Waals surface area contributed by atoms with Crippen LogP contribution in [0.5, 0.6) is 5.75 Å². The van der Waals surface area contributed by atoms with Gasteiger partial charge in [0.25, 0.3) is 5.91 Å². The van der Waals surface area contributed by atoms with Crippen LogP contribution >= 0.6 is 11.6 Å². The Balaban J connectivity index is 2.07. The molecule has 1 unspecified atom stereocenters. The lowest BCUT2D eigenvalue weighted by Crippen LogP contribution is -2.38. The third-order valence-corrected chi connectivity index (χ3v) is 3.76. The summed E-state index contributed by atoms with van der Waals surface area (Å²) in [4.78, 5) is 16.1. The van der Waals surface area contributed by atoms with Gasteiger partial charge < -0.3 is 10.1 Å². The predicted molar refractivity (Wildman–Crippen MR) is 84.7 cm³/mol. The first kappa shape index (κ1) is 15.6. The Morgan fingerprint density at radius 3 is 2.81 bits per heavy atom. The van der Waals surface area contributed by atoms with Gasteiger partial charge in [0.1, 0.15) is 11.3 Å². The Kier molecular flexibility index (Phi) is 5.02. The molecule has 112 valence electrons. The van der Waals surface area contributed by atoms with E-state index in [4.69, 9.17) is 16.3 Å². The SMILES string of the molecule is CC(C)C(C)NC(=O)COc1ccc(Cl)c2cccnc12. The molecule has 0 spiro atoms. The van der Waals surface area contributed by atoms with Gasteiger partial charge in [-0.3, -0.25) is 9.78 Å². The van der Waals surface area contributed by atoms with Crippen LogP contribution in [-0.4, -0.2) is 23.5 Å². The lowest BCUT2D eigenvalue weighted by molar-refractivity contribution is -0.123. The van der Waals surface area contributed by atoms with Crippen LogP contribution in [-0.2, 0) is 4.79 Å². The number of carbonyl (C=O) groups is 1. The van der Waals surface area contributed by atoms with Gasteiger partial charge in [0.15, 0.2) is 6.61 Å². The van der Waals surface area contributed by atoms with Gasteiger partial charge in [0.05, 0.1) is 5.02 Å². The van der Waals surface area contributed by atoms with E-state index in [0.717, 1.165) is 5.39 Å². The first-order valence-corrected chi connectivity index (χ1v) is 7.32. The Labute approximate surface area is 129 Å². The molecule has 0 radical (unpaired) electrons. The number of carbonyl (C=O) groups excluding carboxylic acids is 1. The number of ether oxygens (including phenoxy) is 1. The minimum atomic E-state index is -0.143. The molecule has 0 saturated carbocycles. The zero-order chi connectivity index (χ0) is 15.4. The standard InChI is InChI=1S/C16H19ClN2O2/c1-10(2)11(3)19-15(20)9-21-14-7-6-13(17)12-5-4-8-18-16(12)14/h4-8,10-11H,9H2,1-3H3,(H,19,20). The molecule has 1 N–H and O–H groups in total. The number of hydrogen-bond acceptors (Lipinski definition) is 3. The van der Waals surface area contributed by atoms with Gasteiger partial charge >= 0.3 is 0 Å². The first-order valence-electron chi connectivity index (χ1n) is 6.94. The molecular formula is C16H19ClN2O2. The summed E-state index contributed by atoms with van der Waals surface area (Å²) in [5, 5.41) is 4.33. The third-order valence-electron chi connectivity index (χ3n) is 3.43. The van der Waals surface area contributed by atoms with Gasteiger partial charge in [-0.25, -0.2) is 0 Å². The van der Waals surface area contributed by atoms with E-state index < -0.39 is 0 Å². The molecule has 2 rings (SSSR count). The molecule has 1 aromatic heterocycles. The highest BCUT2D eigenvalue weighted by Crippen LogP contribution is 2.29. The van der Waals surface area contributed by atoms with Crippen molar-refractivity contribution in [1.82, 2.24) is 10.3 Å². The van der Waals surface area contributed by atoms with E-state index in [1.807, 2.05) is 19.1 Å². The van der Waals surface area contributed by atoms with Crippen LogP contribution in [0.4, 0.5) is 0 Å². The van der Waals surface area contributed by atoms with Crippen molar-refractivity contribution in [3.05, 3.63) is 35.5 Å². The number of pyridine rings is 1. The summed E-state index contributed by atoms with van der Waals surface area (Å²) in [6.45, 7) is 6.05. The highest BCUT2D eigenvalue weighted by molar-refractivity contribution is 6.35. The Morgan fingerprint density at radius 2 is 2.10 bits per heavy atom. The van der Waals surface area contributed by atoms with E-state index in [0.29, 0.717) is 22.2 Å². The van der Waals surface area contributed by atoms with Gasteiger partial charge in [-0.2, -0.15) is 0 Å². The van der Waals surface area contributed by atoms with E-state index in [-0.39, 0.29) is 18.6 Å². The van der Waals surface area contributed by atoms with Crippen molar-refractivity contribution in [2.45, 2.75) is 26.8 Å². The molecule has 4 nitrogen and oxygen atoms in total. The van der Waals surface area contributed by atoms with Crippen LogP contribution in [0, 0.1) is 5.92 Å². The Bertz CT molecular complexity index is 643. The normalized spacial score (nSPS) is 12.4. The molecule has 2 aromatic rings. The minimum Gasteiger partial charge on any atom is -0.481 e. The molecule has 1 amide bonds. The largest absolute Gasteiger partial charge is 0.481 e. The highest BCUT2D eigenvalue weighted by atomic mass is 35.5. The zero-order valence-electron chi connectivity index (χ0n) is 12.4. The van der Waals surface area contributed by atoms with Crippen LogP contribution in [0.3, 0.4) is 0 Å². The molecule has 1 aromatic carbocycles. The fraction of sp³-hybridized carbons (Fsp3) is 0.375. The maximum Gasteiger partial charge on any atom is 0.258 e. The van der Waals surface area contributed by atoms with Crippen LogP contribution in [0.25, 0.3) is 10.9 Å². The van der Waals surface area contributed by atoms with E-state index in [2.05, 4.69) is 24.1 Å². The van der Waals surface area contributed by atoms with E-state index in [9.17, 15) is 4.79 Å². The topological polar surface area (TPSA) is 51.2 Å². The fourth-order valence-corrected chi connectivity index (χ4v) is 2.05. The molecule has 0 aliphatic heterocycles. The second-order valence-electron chi connectivity index (χ2n) is 5.33. The summed E-state index contributed by atoms with van der Waals surface area (Å²) in [5.41, 5.74) is 0.662. The van der Waals surface area contributed by atoms with Gasteiger partial charge in [-0.15, -0.1) is 0 Å². The van der Waals surface area contributed by atoms with Crippen LogP contribution in [0.1, 0.15) is 20.8 Å². The molecule has 0 bridgehead atoms. The average Bonchev–Trinajstić information content (AvgIpc) is 2.46. The number of aromatic nitrogens is 1.